The SMILES string of the molecule is CCOC(=O)c1ccc2c(n1)CCCC2N(CCc1ccccc1OCc1ccc(C2CCC(C(F)(F)F)CC2)cc1)C(=O)OC(C)(C)C. The summed E-state index contributed by atoms with van der Waals surface area (Å²) in [6.45, 7) is 8.27. The van der Waals surface area contributed by atoms with Gasteiger partial charge in [0.2, 0.25) is 0 Å². The van der Waals surface area contributed by atoms with Gasteiger partial charge in [-0.2, -0.15) is 13.2 Å². The third-order valence-electron chi connectivity index (χ3n) is 9.38. The molecular weight excluding hydrogens is 633 g/mol. The minimum absolute atomic E-state index is 0.147. The molecule has 7 nitrogen and oxygen atoms in total. The average Bonchev–Trinajstić information content (AvgIpc) is 3.07. The van der Waals surface area contributed by atoms with E-state index in [4.69, 9.17) is 14.2 Å². The molecule has 1 atom stereocenters. The van der Waals surface area contributed by atoms with E-state index in [0.29, 0.717) is 44.6 Å². The lowest BCUT2D eigenvalue weighted by Gasteiger charge is -2.36. The predicted octanol–water partition coefficient (Wildman–Crippen LogP) is 9.53. The van der Waals surface area contributed by atoms with Gasteiger partial charge in [0.1, 0.15) is 23.7 Å². The van der Waals surface area contributed by atoms with E-state index in [1.807, 2.05) is 75.4 Å². The van der Waals surface area contributed by atoms with Crippen molar-refractivity contribution in [2.24, 2.45) is 5.92 Å². The lowest BCUT2D eigenvalue weighted by atomic mass is 9.78. The number of aromatic nitrogens is 1. The summed E-state index contributed by atoms with van der Waals surface area (Å²) >= 11 is 0. The minimum atomic E-state index is -4.10. The molecule has 2 aliphatic rings. The quantitative estimate of drug-likeness (QED) is 0.199. The number of esters is 1. The molecule has 0 saturated heterocycles. The number of para-hydroxylation sites is 1. The van der Waals surface area contributed by atoms with Gasteiger partial charge >= 0.3 is 18.2 Å². The Morgan fingerprint density at radius 2 is 1.63 bits per heavy atom. The highest BCUT2D eigenvalue weighted by molar-refractivity contribution is 5.87. The first-order valence-corrected chi connectivity index (χ1v) is 17.3. The van der Waals surface area contributed by atoms with Crippen LogP contribution in [0, 0.1) is 5.92 Å². The lowest BCUT2D eigenvalue weighted by Crippen LogP contribution is -2.41. The maximum atomic E-state index is 13.7. The number of rotatable bonds is 10. The molecule has 3 aromatic rings. The summed E-state index contributed by atoms with van der Waals surface area (Å²) in [5, 5.41) is 0. The standard InChI is InChI=1S/C39H47F3N2O5/c1-5-47-36(45)33-22-21-31-32(43-33)10-8-11-34(31)44(37(46)49-38(2,3)4)24-23-29-9-6-7-12-35(29)48-25-26-13-15-27(16-14-26)28-17-19-30(20-18-28)39(40,41)42/h6-7,9,12-16,21-22,28,30,34H,5,8,10-11,17-20,23-25H2,1-4H3. The second kappa shape index (κ2) is 15.6. The van der Waals surface area contributed by atoms with Crippen molar-refractivity contribution >= 4 is 12.1 Å². The maximum Gasteiger partial charge on any atom is 0.410 e. The van der Waals surface area contributed by atoms with Gasteiger partial charge in [-0.1, -0.05) is 48.5 Å². The van der Waals surface area contributed by atoms with Crippen LogP contribution in [-0.2, 0) is 28.9 Å². The van der Waals surface area contributed by atoms with Crippen LogP contribution in [0.1, 0.15) is 117 Å². The van der Waals surface area contributed by atoms with Gasteiger partial charge in [0.25, 0.3) is 0 Å². The van der Waals surface area contributed by atoms with Gasteiger partial charge in [0.05, 0.1) is 18.6 Å². The van der Waals surface area contributed by atoms with Crippen LogP contribution in [0.2, 0.25) is 0 Å². The minimum Gasteiger partial charge on any atom is -0.489 e. The normalized spacial score (nSPS) is 19.4. The van der Waals surface area contributed by atoms with Crippen molar-refractivity contribution in [3.05, 3.63) is 94.3 Å². The molecule has 1 fully saturated rings. The van der Waals surface area contributed by atoms with Gasteiger partial charge in [-0.25, -0.2) is 14.6 Å². The number of hydrogen-bond donors (Lipinski definition) is 0. The Labute approximate surface area is 287 Å². The van der Waals surface area contributed by atoms with E-state index in [2.05, 4.69) is 4.98 Å². The van der Waals surface area contributed by atoms with E-state index in [9.17, 15) is 22.8 Å². The van der Waals surface area contributed by atoms with Gasteiger partial charge in [0.15, 0.2) is 0 Å². The van der Waals surface area contributed by atoms with E-state index in [-0.39, 0.29) is 37.1 Å². The van der Waals surface area contributed by atoms with Crippen LogP contribution >= 0.6 is 0 Å². The fourth-order valence-corrected chi connectivity index (χ4v) is 6.86. The number of carbonyl (C=O) groups is 2. The smallest absolute Gasteiger partial charge is 0.410 e. The van der Waals surface area contributed by atoms with Crippen LogP contribution < -0.4 is 4.74 Å². The number of halogens is 3. The van der Waals surface area contributed by atoms with Crippen LogP contribution in [0.15, 0.2) is 60.7 Å². The molecule has 5 rings (SSSR count). The van der Waals surface area contributed by atoms with Crippen LogP contribution in [0.3, 0.4) is 0 Å². The summed E-state index contributed by atoms with van der Waals surface area (Å²) in [4.78, 5) is 32.4. The van der Waals surface area contributed by atoms with Crippen LogP contribution in [0.5, 0.6) is 5.75 Å². The zero-order valence-corrected chi connectivity index (χ0v) is 28.9. The highest BCUT2D eigenvalue weighted by Gasteiger charge is 2.41. The van der Waals surface area contributed by atoms with E-state index in [1.165, 1.54) is 0 Å². The number of carbonyl (C=O) groups excluding carboxylic acids is 2. The second-order valence-corrected chi connectivity index (χ2v) is 14.0. The number of ether oxygens (including phenoxy) is 3. The molecular formula is C39H47F3N2O5. The molecule has 0 bridgehead atoms. The summed E-state index contributed by atoms with van der Waals surface area (Å²) in [6.07, 6.45) is -0.279. The number of aryl methyl sites for hydroxylation is 1. The first kappa shape index (κ1) is 36.2. The van der Waals surface area contributed by atoms with Gasteiger partial charge < -0.3 is 19.1 Å². The molecule has 0 aliphatic heterocycles. The highest BCUT2D eigenvalue weighted by atomic mass is 19.4. The zero-order chi connectivity index (χ0) is 35.2. The zero-order valence-electron chi connectivity index (χ0n) is 28.9. The fourth-order valence-electron chi connectivity index (χ4n) is 6.86. The van der Waals surface area contributed by atoms with Crippen molar-refractivity contribution in [1.82, 2.24) is 9.88 Å². The van der Waals surface area contributed by atoms with Crippen molar-refractivity contribution < 1.29 is 37.0 Å². The van der Waals surface area contributed by atoms with Crippen molar-refractivity contribution in [3.8, 4) is 5.75 Å². The molecule has 1 heterocycles. The van der Waals surface area contributed by atoms with Crippen molar-refractivity contribution in [3.63, 3.8) is 0 Å². The summed E-state index contributed by atoms with van der Waals surface area (Å²) in [7, 11) is 0. The number of hydrogen-bond acceptors (Lipinski definition) is 6. The van der Waals surface area contributed by atoms with Gasteiger partial charge in [0, 0.05) is 12.2 Å². The number of fused-ring (bicyclic) bond motifs is 1. The Bertz CT molecular complexity index is 1580. The largest absolute Gasteiger partial charge is 0.489 e. The van der Waals surface area contributed by atoms with Gasteiger partial charge in [-0.3, -0.25) is 0 Å². The van der Waals surface area contributed by atoms with E-state index in [1.54, 1.807) is 17.9 Å². The van der Waals surface area contributed by atoms with Crippen molar-refractivity contribution in [2.45, 2.75) is 109 Å². The summed E-state index contributed by atoms with van der Waals surface area (Å²) in [5.41, 5.74) is 4.26. The molecule has 0 spiro atoms. The molecule has 10 heteroatoms. The average molecular weight is 681 g/mol. The third kappa shape index (κ3) is 9.55. The molecule has 1 unspecified atom stereocenters. The molecule has 0 radical (unpaired) electrons. The number of nitrogens with zero attached hydrogens (tertiary/aromatic N) is 2. The second-order valence-electron chi connectivity index (χ2n) is 14.0. The summed E-state index contributed by atoms with van der Waals surface area (Å²) < 4.78 is 56.6. The molecule has 49 heavy (non-hydrogen) atoms. The van der Waals surface area contributed by atoms with Crippen LogP contribution in [-0.4, -0.2) is 46.9 Å². The van der Waals surface area contributed by atoms with Gasteiger partial charge in [-0.15, -0.1) is 0 Å². The Kier molecular flexibility index (Phi) is 11.6. The maximum absolute atomic E-state index is 13.7. The first-order valence-electron chi connectivity index (χ1n) is 17.3. The monoisotopic (exact) mass is 680 g/mol. The van der Waals surface area contributed by atoms with Crippen LogP contribution in [0.4, 0.5) is 18.0 Å². The fraction of sp³-hybridized carbons (Fsp3) is 0.513. The molecule has 264 valence electrons. The first-order chi connectivity index (χ1) is 23.3. The Morgan fingerprint density at radius 1 is 0.918 bits per heavy atom. The lowest BCUT2D eigenvalue weighted by molar-refractivity contribution is -0.182. The van der Waals surface area contributed by atoms with Gasteiger partial charge in [-0.05, 0) is 119 Å². The topological polar surface area (TPSA) is 78.0 Å². The van der Waals surface area contributed by atoms with Crippen molar-refractivity contribution in [2.75, 3.05) is 13.2 Å². The summed E-state index contributed by atoms with van der Waals surface area (Å²) in [5.74, 6) is -0.787. The third-order valence-corrected chi connectivity index (χ3v) is 9.38. The van der Waals surface area contributed by atoms with E-state index >= 15 is 0 Å². The number of benzene rings is 2. The van der Waals surface area contributed by atoms with E-state index < -0.39 is 29.8 Å². The molecule has 0 N–H and O–H groups in total. The molecule has 1 saturated carbocycles. The number of pyridine rings is 1. The van der Waals surface area contributed by atoms with Crippen LogP contribution in [0.25, 0.3) is 0 Å². The van der Waals surface area contributed by atoms with Crippen molar-refractivity contribution in [1.29, 1.82) is 0 Å². The van der Waals surface area contributed by atoms with E-state index in [0.717, 1.165) is 40.8 Å². The number of alkyl halides is 3. The highest BCUT2D eigenvalue weighted by Crippen LogP contribution is 2.43. The Morgan fingerprint density at radius 3 is 2.31 bits per heavy atom. The predicted molar refractivity (Wildman–Crippen MR) is 180 cm³/mol. The molecule has 1 aromatic heterocycles. The Hall–Kier alpha value is -4.08. The number of amides is 1. The Balaban J connectivity index is 1.26. The summed E-state index contributed by atoms with van der Waals surface area (Å²) in [6, 6.07) is 19.0. The molecule has 1 amide bonds. The molecule has 2 aromatic carbocycles. The molecule has 2 aliphatic carbocycles.